The number of nitrogens with zero attached hydrogens (tertiary/aromatic N) is 2. The summed E-state index contributed by atoms with van der Waals surface area (Å²) < 4.78 is 7.52. The second-order valence-electron chi connectivity index (χ2n) is 6.48. The molecule has 130 valence electrons. The van der Waals surface area contributed by atoms with Gasteiger partial charge >= 0.3 is 0 Å². The SMILES string of the molecule is CC(C)Oc1ccc(CCNC(=O)Cn2ccnc2C(C)C)cc1. The Balaban J connectivity index is 1.77. The summed E-state index contributed by atoms with van der Waals surface area (Å²) in [5.74, 6) is 2.12. The van der Waals surface area contributed by atoms with Crippen LogP contribution in [-0.2, 0) is 17.8 Å². The van der Waals surface area contributed by atoms with Crippen molar-refractivity contribution in [3.05, 3.63) is 48.0 Å². The van der Waals surface area contributed by atoms with Crippen LogP contribution in [0.1, 0.15) is 45.0 Å². The summed E-state index contributed by atoms with van der Waals surface area (Å²) >= 11 is 0. The van der Waals surface area contributed by atoms with Crippen molar-refractivity contribution in [2.24, 2.45) is 0 Å². The fraction of sp³-hybridized carbons (Fsp3) is 0.474. The molecule has 0 aliphatic heterocycles. The van der Waals surface area contributed by atoms with Crippen LogP contribution < -0.4 is 10.1 Å². The van der Waals surface area contributed by atoms with Gasteiger partial charge in [-0.15, -0.1) is 0 Å². The Kier molecular flexibility index (Phi) is 6.41. The van der Waals surface area contributed by atoms with E-state index in [2.05, 4.69) is 24.1 Å². The molecule has 0 unspecified atom stereocenters. The molecule has 2 rings (SSSR count). The zero-order valence-electron chi connectivity index (χ0n) is 15.0. The van der Waals surface area contributed by atoms with Gasteiger partial charge in [-0.3, -0.25) is 4.79 Å². The molecule has 1 amide bonds. The van der Waals surface area contributed by atoms with Crippen LogP contribution in [-0.4, -0.2) is 28.1 Å². The van der Waals surface area contributed by atoms with Crippen molar-refractivity contribution in [2.75, 3.05) is 6.54 Å². The number of hydrogen-bond acceptors (Lipinski definition) is 3. The molecule has 5 heteroatoms. The topological polar surface area (TPSA) is 56.1 Å². The van der Waals surface area contributed by atoms with Crippen molar-refractivity contribution in [1.29, 1.82) is 0 Å². The van der Waals surface area contributed by atoms with Crippen LogP contribution in [0.25, 0.3) is 0 Å². The minimum atomic E-state index is 0.00895. The first-order chi connectivity index (χ1) is 11.5. The summed E-state index contributed by atoms with van der Waals surface area (Å²) in [5, 5.41) is 2.96. The van der Waals surface area contributed by atoms with Crippen LogP contribution in [0.2, 0.25) is 0 Å². The molecule has 2 aromatic rings. The number of benzene rings is 1. The molecule has 0 saturated carbocycles. The van der Waals surface area contributed by atoms with E-state index >= 15 is 0 Å². The number of nitrogens with one attached hydrogen (secondary N) is 1. The lowest BCUT2D eigenvalue weighted by molar-refractivity contribution is -0.121. The molecular weight excluding hydrogens is 302 g/mol. The highest BCUT2D eigenvalue weighted by Gasteiger charge is 2.10. The predicted molar refractivity (Wildman–Crippen MR) is 95.2 cm³/mol. The number of ether oxygens (including phenoxy) is 1. The third-order valence-electron chi connectivity index (χ3n) is 3.61. The van der Waals surface area contributed by atoms with E-state index in [1.807, 2.05) is 48.9 Å². The van der Waals surface area contributed by atoms with Gasteiger partial charge in [0.2, 0.25) is 5.91 Å². The lowest BCUT2D eigenvalue weighted by Gasteiger charge is -2.11. The van der Waals surface area contributed by atoms with Crippen molar-refractivity contribution in [2.45, 2.75) is 52.7 Å². The minimum absolute atomic E-state index is 0.00895. The highest BCUT2D eigenvalue weighted by atomic mass is 16.5. The maximum absolute atomic E-state index is 12.1. The Hall–Kier alpha value is -2.30. The molecule has 24 heavy (non-hydrogen) atoms. The van der Waals surface area contributed by atoms with Crippen LogP contribution in [0.4, 0.5) is 0 Å². The number of rotatable bonds is 8. The van der Waals surface area contributed by atoms with E-state index in [9.17, 15) is 4.79 Å². The molecule has 1 aromatic heterocycles. The Morgan fingerprint density at radius 2 is 1.92 bits per heavy atom. The quantitative estimate of drug-likeness (QED) is 0.809. The van der Waals surface area contributed by atoms with Crippen LogP contribution in [0.15, 0.2) is 36.7 Å². The molecule has 0 aliphatic carbocycles. The highest BCUT2D eigenvalue weighted by Crippen LogP contribution is 2.14. The third kappa shape index (κ3) is 5.41. The molecule has 0 saturated heterocycles. The molecule has 0 bridgehead atoms. The maximum atomic E-state index is 12.1. The number of amides is 1. The van der Waals surface area contributed by atoms with Crippen molar-refractivity contribution in [1.82, 2.24) is 14.9 Å². The van der Waals surface area contributed by atoms with Gasteiger partial charge in [0.1, 0.15) is 18.1 Å². The van der Waals surface area contributed by atoms with Crippen molar-refractivity contribution >= 4 is 5.91 Å². The van der Waals surface area contributed by atoms with Gasteiger partial charge in [0.25, 0.3) is 0 Å². The first kappa shape index (κ1) is 18.0. The molecule has 0 fully saturated rings. The Morgan fingerprint density at radius 1 is 1.21 bits per heavy atom. The molecule has 0 atom stereocenters. The molecule has 5 nitrogen and oxygen atoms in total. The van der Waals surface area contributed by atoms with Crippen molar-refractivity contribution in [3.63, 3.8) is 0 Å². The fourth-order valence-electron chi connectivity index (χ4n) is 2.52. The van der Waals surface area contributed by atoms with Gasteiger partial charge in [0, 0.05) is 24.9 Å². The van der Waals surface area contributed by atoms with E-state index in [-0.39, 0.29) is 12.0 Å². The monoisotopic (exact) mass is 329 g/mol. The predicted octanol–water partition coefficient (Wildman–Crippen LogP) is 3.15. The molecule has 1 heterocycles. The summed E-state index contributed by atoms with van der Waals surface area (Å²) in [5.41, 5.74) is 1.18. The molecule has 1 N–H and O–H groups in total. The van der Waals surface area contributed by atoms with E-state index in [4.69, 9.17) is 4.74 Å². The highest BCUT2D eigenvalue weighted by molar-refractivity contribution is 5.75. The Morgan fingerprint density at radius 3 is 2.54 bits per heavy atom. The summed E-state index contributed by atoms with van der Waals surface area (Å²) in [7, 11) is 0. The zero-order chi connectivity index (χ0) is 17.5. The van der Waals surface area contributed by atoms with Crippen molar-refractivity contribution in [3.8, 4) is 5.75 Å². The zero-order valence-corrected chi connectivity index (χ0v) is 15.0. The second-order valence-corrected chi connectivity index (χ2v) is 6.48. The van der Waals surface area contributed by atoms with E-state index < -0.39 is 0 Å². The van der Waals surface area contributed by atoms with Gasteiger partial charge in [0.05, 0.1) is 6.10 Å². The van der Waals surface area contributed by atoms with E-state index in [0.717, 1.165) is 18.0 Å². The summed E-state index contributed by atoms with van der Waals surface area (Å²) in [6.45, 7) is 9.10. The van der Waals surface area contributed by atoms with Gasteiger partial charge in [-0.1, -0.05) is 26.0 Å². The molecule has 0 radical (unpaired) electrons. The molecule has 1 aromatic carbocycles. The van der Waals surface area contributed by atoms with Gasteiger partial charge in [-0.05, 0) is 38.0 Å². The van der Waals surface area contributed by atoms with E-state index in [1.165, 1.54) is 5.56 Å². The normalized spacial score (nSPS) is 11.1. The van der Waals surface area contributed by atoms with Gasteiger partial charge in [0.15, 0.2) is 0 Å². The van der Waals surface area contributed by atoms with Crippen molar-refractivity contribution < 1.29 is 9.53 Å². The number of aromatic nitrogens is 2. The average Bonchev–Trinajstić information content (AvgIpc) is 2.97. The number of carbonyl (C=O) groups excluding carboxylic acids is 1. The fourth-order valence-corrected chi connectivity index (χ4v) is 2.52. The first-order valence-corrected chi connectivity index (χ1v) is 8.49. The summed E-state index contributed by atoms with van der Waals surface area (Å²) in [6.07, 6.45) is 4.56. The van der Waals surface area contributed by atoms with E-state index in [0.29, 0.717) is 19.0 Å². The number of imidazole rings is 1. The van der Waals surface area contributed by atoms with Gasteiger partial charge < -0.3 is 14.6 Å². The molecule has 0 aliphatic rings. The Labute approximate surface area is 144 Å². The van der Waals surface area contributed by atoms with Crippen LogP contribution in [0, 0.1) is 0 Å². The van der Waals surface area contributed by atoms with Gasteiger partial charge in [-0.2, -0.15) is 0 Å². The second kappa shape index (κ2) is 8.52. The summed E-state index contributed by atoms with van der Waals surface area (Å²) in [4.78, 5) is 16.4. The summed E-state index contributed by atoms with van der Waals surface area (Å²) in [6, 6.07) is 8.02. The smallest absolute Gasteiger partial charge is 0.239 e. The average molecular weight is 329 g/mol. The lowest BCUT2D eigenvalue weighted by atomic mass is 10.1. The maximum Gasteiger partial charge on any atom is 0.239 e. The van der Waals surface area contributed by atoms with E-state index in [1.54, 1.807) is 6.20 Å². The molecular formula is C19H27N3O2. The van der Waals surface area contributed by atoms with Gasteiger partial charge in [-0.25, -0.2) is 4.98 Å². The molecule has 0 spiro atoms. The largest absolute Gasteiger partial charge is 0.491 e. The lowest BCUT2D eigenvalue weighted by Crippen LogP contribution is -2.29. The van der Waals surface area contributed by atoms with Crippen LogP contribution in [0.5, 0.6) is 5.75 Å². The van der Waals surface area contributed by atoms with Crippen LogP contribution in [0.3, 0.4) is 0 Å². The minimum Gasteiger partial charge on any atom is -0.491 e. The number of carbonyl (C=O) groups is 1. The van der Waals surface area contributed by atoms with Crippen LogP contribution >= 0.6 is 0 Å². The first-order valence-electron chi connectivity index (χ1n) is 8.49. The third-order valence-corrected chi connectivity index (χ3v) is 3.61. The standard InChI is InChI=1S/C19H27N3O2/c1-14(2)19-21-11-12-22(19)13-18(23)20-10-9-16-5-7-17(8-6-16)24-15(3)4/h5-8,11-12,14-15H,9-10,13H2,1-4H3,(H,20,23). The number of hydrogen-bond donors (Lipinski definition) is 1. The Bertz CT molecular complexity index is 645.